The third kappa shape index (κ3) is 3.71. The molecule has 1 N–H and O–H groups in total. The van der Waals surface area contributed by atoms with Gasteiger partial charge in [-0.3, -0.25) is 4.98 Å². The Balaban J connectivity index is 1.82. The van der Waals surface area contributed by atoms with Crippen LogP contribution in [0.2, 0.25) is 0 Å². The van der Waals surface area contributed by atoms with Crippen molar-refractivity contribution < 1.29 is 24.2 Å². The van der Waals surface area contributed by atoms with Crippen molar-refractivity contribution in [3.63, 3.8) is 0 Å². The van der Waals surface area contributed by atoms with Gasteiger partial charge in [-0.1, -0.05) is 0 Å². The van der Waals surface area contributed by atoms with Gasteiger partial charge in [-0.25, -0.2) is 9.59 Å². The van der Waals surface area contributed by atoms with E-state index in [1.54, 1.807) is 11.1 Å². The Morgan fingerprint density at radius 2 is 2.15 bits per heavy atom. The molecule has 3 unspecified atom stereocenters. The smallest absolute Gasteiger partial charge is 0.410 e. The van der Waals surface area contributed by atoms with E-state index >= 15 is 0 Å². The molecule has 1 aliphatic carbocycles. The number of hydrogen-bond donors (Lipinski definition) is 1. The van der Waals surface area contributed by atoms with E-state index in [4.69, 9.17) is 14.6 Å². The standard InChI is InChI=1S/C18H23BrN2O5/c1-17(2,3)26-16(24)21-9-11-6-13(21)7-18(11,25-10-15(22)23)14-5-4-12(19)8-20-14/h4-5,8,11,13H,6-7,9-10H2,1-3H3,(H,22,23). The molecule has 8 heteroatoms. The van der Waals surface area contributed by atoms with Gasteiger partial charge in [0.2, 0.25) is 0 Å². The Kier molecular flexibility index (Phi) is 5.00. The molecule has 1 aliphatic heterocycles. The lowest BCUT2D eigenvalue weighted by Crippen LogP contribution is -2.49. The molecular weight excluding hydrogens is 404 g/mol. The summed E-state index contributed by atoms with van der Waals surface area (Å²) in [6.07, 6.45) is 2.61. The van der Waals surface area contributed by atoms with E-state index < -0.39 is 23.8 Å². The Morgan fingerprint density at radius 1 is 1.42 bits per heavy atom. The minimum Gasteiger partial charge on any atom is -0.480 e. The largest absolute Gasteiger partial charge is 0.480 e. The maximum atomic E-state index is 12.5. The molecule has 1 aromatic rings. The van der Waals surface area contributed by atoms with Crippen molar-refractivity contribution in [2.24, 2.45) is 5.92 Å². The van der Waals surface area contributed by atoms with Crippen LogP contribution >= 0.6 is 15.9 Å². The van der Waals surface area contributed by atoms with Crippen LogP contribution in [0.25, 0.3) is 0 Å². The molecule has 0 aromatic carbocycles. The van der Waals surface area contributed by atoms with Crippen LogP contribution < -0.4 is 0 Å². The maximum absolute atomic E-state index is 12.5. The van der Waals surface area contributed by atoms with Gasteiger partial charge in [0.1, 0.15) is 17.8 Å². The van der Waals surface area contributed by atoms with Crippen LogP contribution in [0.3, 0.4) is 0 Å². The number of piperidine rings is 1. The van der Waals surface area contributed by atoms with E-state index in [-0.39, 0.29) is 18.1 Å². The fourth-order valence-electron chi connectivity index (χ4n) is 3.89. The van der Waals surface area contributed by atoms with Crippen molar-refractivity contribution >= 4 is 28.0 Å². The first-order valence-electron chi connectivity index (χ1n) is 8.58. The molecule has 1 amide bonds. The fourth-order valence-corrected chi connectivity index (χ4v) is 4.12. The molecule has 0 spiro atoms. The summed E-state index contributed by atoms with van der Waals surface area (Å²) in [6, 6.07) is 3.67. The number of amides is 1. The first kappa shape index (κ1) is 19.1. The number of aliphatic carboxylic acids is 1. The van der Waals surface area contributed by atoms with Crippen LogP contribution in [0.15, 0.2) is 22.8 Å². The number of pyridine rings is 1. The number of ether oxygens (including phenoxy) is 2. The number of nitrogens with zero attached hydrogens (tertiary/aromatic N) is 2. The third-order valence-electron chi connectivity index (χ3n) is 4.85. The van der Waals surface area contributed by atoms with Crippen LogP contribution in [0.1, 0.15) is 39.3 Å². The zero-order chi connectivity index (χ0) is 19.1. The van der Waals surface area contributed by atoms with E-state index in [1.807, 2.05) is 32.9 Å². The zero-order valence-corrected chi connectivity index (χ0v) is 16.7. The number of rotatable bonds is 4. The molecular formula is C18H23BrN2O5. The summed E-state index contributed by atoms with van der Waals surface area (Å²) in [6.45, 7) is 5.59. The quantitative estimate of drug-likeness (QED) is 0.794. The molecule has 1 aromatic heterocycles. The van der Waals surface area contributed by atoms with Crippen molar-refractivity contribution in [2.75, 3.05) is 13.2 Å². The van der Waals surface area contributed by atoms with E-state index in [0.29, 0.717) is 18.7 Å². The number of halogens is 1. The average Bonchev–Trinajstić information content (AvgIpc) is 3.10. The second-order valence-electron chi connectivity index (χ2n) is 7.86. The van der Waals surface area contributed by atoms with Gasteiger partial charge >= 0.3 is 12.1 Å². The number of carbonyl (C=O) groups is 2. The van der Waals surface area contributed by atoms with Crippen molar-refractivity contribution in [3.05, 3.63) is 28.5 Å². The van der Waals surface area contributed by atoms with Gasteiger partial charge in [0, 0.05) is 35.6 Å². The average molecular weight is 427 g/mol. The van der Waals surface area contributed by atoms with Gasteiger partial charge in [-0.15, -0.1) is 0 Å². The minimum atomic E-state index is -1.02. The van der Waals surface area contributed by atoms with Crippen molar-refractivity contribution in [2.45, 2.75) is 50.9 Å². The lowest BCUT2D eigenvalue weighted by atomic mass is 9.85. The van der Waals surface area contributed by atoms with Crippen molar-refractivity contribution in [3.8, 4) is 0 Å². The summed E-state index contributed by atoms with van der Waals surface area (Å²) in [5.41, 5.74) is -0.635. The highest BCUT2D eigenvalue weighted by atomic mass is 79.9. The van der Waals surface area contributed by atoms with E-state index in [2.05, 4.69) is 20.9 Å². The number of carbonyl (C=O) groups excluding carboxylic acids is 1. The molecule has 2 fully saturated rings. The highest BCUT2D eigenvalue weighted by Crippen LogP contribution is 2.52. The lowest BCUT2D eigenvalue weighted by Gasteiger charge is -2.40. The van der Waals surface area contributed by atoms with Gasteiger partial charge in [0.05, 0.1) is 5.69 Å². The molecule has 3 rings (SSSR count). The lowest BCUT2D eigenvalue weighted by molar-refractivity contribution is -0.157. The number of carboxylic acid groups (broad SMARTS) is 1. The first-order chi connectivity index (χ1) is 12.1. The number of likely N-dealkylation sites (tertiary alicyclic amines) is 1. The minimum absolute atomic E-state index is 0.0203. The van der Waals surface area contributed by atoms with Crippen LogP contribution in [0, 0.1) is 5.92 Å². The van der Waals surface area contributed by atoms with E-state index in [0.717, 1.165) is 10.9 Å². The first-order valence-corrected chi connectivity index (χ1v) is 9.37. The topological polar surface area (TPSA) is 89.0 Å². The number of carboxylic acids is 1. The summed E-state index contributed by atoms with van der Waals surface area (Å²) < 4.78 is 12.2. The summed E-state index contributed by atoms with van der Waals surface area (Å²) in [5, 5.41) is 9.08. The van der Waals surface area contributed by atoms with Crippen LogP contribution in [0.4, 0.5) is 4.79 Å². The molecule has 26 heavy (non-hydrogen) atoms. The predicted molar refractivity (Wildman–Crippen MR) is 96.7 cm³/mol. The molecule has 0 radical (unpaired) electrons. The van der Waals surface area contributed by atoms with E-state index in [9.17, 15) is 9.59 Å². The molecule has 1 saturated carbocycles. The monoisotopic (exact) mass is 426 g/mol. The molecule has 3 atom stereocenters. The van der Waals surface area contributed by atoms with Crippen molar-refractivity contribution in [1.82, 2.24) is 9.88 Å². The van der Waals surface area contributed by atoms with Gasteiger partial charge in [0.15, 0.2) is 0 Å². The maximum Gasteiger partial charge on any atom is 0.410 e. The van der Waals surface area contributed by atoms with Crippen LogP contribution in [-0.2, 0) is 19.9 Å². The van der Waals surface area contributed by atoms with Gasteiger partial charge < -0.3 is 19.5 Å². The molecule has 2 bridgehead atoms. The number of fused-ring (bicyclic) bond motifs is 2. The van der Waals surface area contributed by atoms with Gasteiger partial charge in [-0.05, 0) is 55.3 Å². The normalized spacial score (nSPS) is 27.6. The summed E-state index contributed by atoms with van der Waals surface area (Å²) in [7, 11) is 0. The number of aromatic nitrogens is 1. The Morgan fingerprint density at radius 3 is 2.65 bits per heavy atom. The predicted octanol–water partition coefficient (Wildman–Crippen LogP) is 3.17. The highest BCUT2D eigenvalue weighted by Gasteiger charge is 2.58. The van der Waals surface area contributed by atoms with Crippen LogP contribution in [-0.4, -0.2) is 51.8 Å². The SMILES string of the molecule is CC(C)(C)OC(=O)N1CC2CC1CC2(OCC(=O)O)c1ccc(Br)cn1. The molecule has 1 saturated heterocycles. The fraction of sp³-hybridized carbons (Fsp3) is 0.611. The molecule has 7 nitrogen and oxygen atoms in total. The Labute approximate surface area is 160 Å². The Bertz CT molecular complexity index is 703. The van der Waals surface area contributed by atoms with Crippen molar-refractivity contribution in [1.29, 1.82) is 0 Å². The second kappa shape index (κ2) is 6.81. The third-order valence-corrected chi connectivity index (χ3v) is 5.32. The van der Waals surface area contributed by atoms with Crippen LogP contribution in [0.5, 0.6) is 0 Å². The zero-order valence-electron chi connectivity index (χ0n) is 15.1. The number of hydrogen-bond acceptors (Lipinski definition) is 5. The van der Waals surface area contributed by atoms with E-state index in [1.165, 1.54) is 0 Å². The Hall–Kier alpha value is -1.67. The van der Waals surface area contributed by atoms with Gasteiger partial charge in [0.25, 0.3) is 0 Å². The second-order valence-corrected chi connectivity index (χ2v) is 8.77. The summed E-state index contributed by atoms with van der Waals surface area (Å²) in [4.78, 5) is 29.7. The molecule has 2 aliphatic rings. The molecule has 142 valence electrons. The summed E-state index contributed by atoms with van der Waals surface area (Å²) in [5.74, 6) is -1.04. The summed E-state index contributed by atoms with van der Waals surface area (Å²) >= 11 is 3.36. The van der Waals surface area contributed by atoms with Gasteiger partial charge in [-0.2, -0.15) is 0 Å². The highest BCUT2D eigenvalue weighted by molar-refractivity contribution is 9.10. The molecule has 2 heterocycles.